The predicted octanol–water partition coefficient (Wildman–Crippen LogP) is 0.106. The van der Waals surface area contributed by atoms with Crippen LogP contribution in [0, 0.1) is 5.92 Å². The molecule has 7 amide bonds. The highest BCUT2D eigenvalue weighted by molar-refractivity contribution is 6.32. The maximum atomic E-state index is 16.0. The fourth-order valence-corrected chi connectivity index (χ4v) is 12.9. The molecule has 0 aromatic heterocycles. The van der Waals surface area contributed by atoms with Gasteiger partial charge in [0, 0.05) is 34.7 Å². The SMILES string of the molecule is CN[C@@H](CC(C)C)C(=O)N[C@H]1C(=O)N[C@H](CC(N)=O)C(=O)N[C@H]2C(=O)N[C@@H]3C(=O)N[C@H](C(=O)N[C@@H](C(=O)O)c4cc(O)cc(O)c4-c4cc3ccc4O)[C@H](O)c3ccc(c(Cl)c3)Oc3cc2cc(c3O[C@@H]2O[C@H](CO)[C@H](O)[C@@H](O)[C@@H]2O[C@H]2C[C@@](C)(N)[C@@H](O)[C@H](C)O2)Oc2ccc(cc2Cl)[C@H]1O. The summed E-state index contributed by atoms with van der Waals surface area (Å²) in [6.07, 6.45) is -18.6. The molecule has 18 atom stereocenters. The number of amides is 7. The average Bonchev–Trinajstić information content (AvgIpc) is 0.775. The number of carboxylic acid groups (broad SMARTS) is 1. The summed E-state index contributed by atoms with van der Waals surface area (Å²) < 4.78 is 38.3. The molecule has 7 aliphatic heterocycles. The second-order valence-corrected chi connectivity index (χ2v) is 26.5. The van der Waals surface area contributed by atoms with Crippen LogP contribution >= 0.6 is 23.2 Å². The first-order chi connectivity index (χ1) is 47.7. The largest absolute Gasteiger partial charge is 0.508 e. The first-order valence-electron chi connectivity index (χ1n) is 31.6. The van der Waals surface area contributed by atoms with E-state index in [-0.39, 0.29) is 46.2 Å². The number of phenolic OH excluding ortho intramolecular Hbond substituents is 3. The number of aliphatic hydroxyl groups is 6. The van der Waals surface area contributed by atoms with Crippen molar-refractivity contribution in [2.75, 3.05) is 13.7 Å². The minimum atomic E-state index is -2.35. The minimum absolute atomic E-state index is 0.0975. The van der Waals surface area contributed by atoms with E-state index in [1.54, 1.807) is 0 Å². The molecule has 7 aliphatic rings. The van der Waals surface area contributed by atoms with Gasteiger partial charge in [-0.15, -0.1) is 0 Å². The molecule has 33 nitrogen and oxygen atoms in total. The van der Waals surface area contributed by atoms with Gasteiger partial charge in [0.2, 0.25) is 53.4 Å². The number of hydrogen-bond acceptors (Lipinski definition) is 25. The van der Waals surface area contributed by atoms with Crippen molar-refractivity contribution in [3.8, 4) is 57.1 Å². The lowest BCUT2D eigenvalue weighted by Gasteiger charge is -2.47. The Kier molecular flexibility index (Phi) is 22.2. The van der Waals surface area contributed by atoms with Gasteiger partial charge in [0.05, 0.1) is 41.3 Å². The van der Waals surface area contributed by atoms with E-state index in [4.69, 9.17) is 63.1 Å². The molecule has 5 aromatic rings. The van der Waals surface area contributed by atoms with Gasteiger partial charge in [-0.25, -0.2) is 4.79 Å². The molecule has 0 unspecified atom stereocenters. The molecule has 0 radical (unpaired) electrons. The first kappa shape index (κ1) is 74.5. The second kappa shape index (κ2) is 30.2. The van der Waals surface area contributed by atoms with Crippen molar-refractivity contribution < 1.29 is 118 Å². The van der Waals surface area contributed by atoms with Crippen LogP contribution in [0.25, 0.3) is 11.1 Å². The van der Waals surface area contributed by atoms with Gasteiger partial charge in [0.25, 0.3) is 0 Å². The number of hydrogen-bond donors (Lipinski definition) is 19. The van der Waals surface area contributed by atoms with Crippen molar-refractivity contribution in [3.05, 3.63) is 117 Å². The fraction of sp³-hybridized carbons (Fsp3) is 0.424. The van der Waals surface area contributed by atoms with Crippen LogP contribution in [0.5, 0.6) is 46.0 Å². The lowest BCUT2D eigenvalue weighted by atomic mass is 9.86. The van der Waals surface area contributed by atoms with E-state index < -0.39 is 237 Å². The Balaban J connectivity index is 1.24. The standard InChI is InChI=1S/C66H75Cl2N9O24/c1-23(2)12-34(71-5)58(88)76-49-51(83)26-7-10-38(32(67)14-26)97-40-16-28-17-41(55(40)101-65-56(54(86)53(85)42(22-78)99-65)100-44-21-66(4,70)57(87)24(3)96-44)98-39-11-8-27(15-33(39)68)52(84)50-63(93)75-48(64(94)95)31-18-29(79)19-37(81)45(31)30-13-25(6-9-36(30)80)46(60(90)77-50)74-61(91)47(28)73-59(89)35(20-43(69)82)72-62(49)92/h6-11,13-19,23-24,34-35,42,44,46-54,56-57,65,71,78-81,83-87H,12,20-22,70H2,1-5H3,(H2,69,82)(H,72,92)(H,73,89)(H,74,91)(H,75,93)(H,76,88)(H,77,90)(H,94,95)/t24-,34-,35+,42+,44-,46-,47+,48+,49+,50-,51+,52+,53-,54+,56-,57-,65-,66+/m0/s1. The summed E-state index contributed by atoms with van der Waals surface area (Å²) in [5.74, 6) is -16.0. The second-order valence-electron chi connectivity index (χ2n) is 25.7. The molecule has 0 aliphatic carbocycles. The van der Waals surface area contributed by atoms with E-state index in [1.165, 1.54) is 33.0 Å². The van der Waals surface area contributed by atoms with Crippen LogP contribution in [0.2, 0.25) is 10.0 Å². The van der Waals surface area contributed by atoms with Crippen molar-refractivity contribution >= 4 is 70.5 Å². The summed E-state index contributed by atoms with van der Waals surface area (Å²) in [5.41, 5.74) is 8.00. The number of phenols is 3. The Bertz CT molecular complexity index is 4070. The number of likely N-dealkylation sites (N-methyl/N-ethyl adjacent to an activating group) is 1. The summed E-state index contributed by atoms with van der Waals surface area (Å²) in [4.78, 5) is 117. The monoisotopic (exact) mass is 1450 g/mol. The summed E-state index contributed by atoms with van der Waals surface area (Å²) in [6, 6.07) is -0.679. The lowest BCUT2D eigenvalue weighted by Crippen LogP contribution is -2.64. The van der Waals surface area contributed by atoms with Crippen LogP contribution in [0.15, 0.2) is 78.9 Å². The number of fused-ring (bicyclic) bond motifs is 15. The normalized spacial score (nSPS) is 29.4. The summed E-state index contributed by atoms with van der Waals surface area (Å²) in [6.45, 7) is 5.66. The molecule has 5 aromatic carbocycles. The molecular formula is C66H75Cl2N9O24. The third-order valence-electron chi connectivity index (χ3n) is 17.8. The Morgan fingerprint density at radius 2 is 1.32 bits per heavy atom. The number of halogens is 2. The number of rotatable bonds is 13. The van der Waals surface area contributed by atoms with Gasteiger partial charge in [-0.1, -0.05) is 55.2 Å². The van der Waals surface area contributed by atoms with Crippen molar-refractivity contribution in [1.82, 2.24) is 37.2 Å². The average molecular weight is 1450 g/mol. The number of carboxylic acids is 1. The van der Waals surface area contributed by atoms with Crippen LogP contribution in [0.3, 0.4) is 0 Å². The first-order valence-corrected chi connectivity index (χ1v) is 32.4. The van der Waals surface area contributed by atoms with Gasteiger partial charge >= 0.3 is 5.97 Å². The highest BCUT2D eigenvalue weighted by atomic mass is 35.5. The smallest absolute Gasteiger partial charge is 0.330 e. The molecule has 2 fully saturated rings. The topological polar surface area (TPSA) is 530 Å². The van der Waals surface area contributed by atoms with Crippen molar-refractivity contribution in [1.29, 1.82) is 0 Å². The maximum Gasteiger partial charge on any atom is 0.330 e. The van der Waals surface area contributed by atoms with Gasteiger partial charge in [-0.05, 0) is 110 Å². The quantitative estimate of drug-likeness (QED) is 0.0743. The summed E-state index contributed by atoms with van der Waals surface area (Å²) in [7, 11) is 1.47. The number of aliphatic carboxylic acids is 1. The molecule has 11 bridgehead atoms. The van der Waals surface area contributed by atoms with Crippen molar-refractivity contribution in [3.63, 3.8) is 0 Å². The van der Waals surface area contributed by atoms with Crippen LogP contribution in [-0.4, -0.2) is 191 Å². The number of primary amides is 1. The molecule has 12 rings (SSSR count). The zero-order valence-electron chi connectivity index (χ0n) is 54.3. The lowest BCUT2D eigenvalue weighted by molar-refractivity contribution is -0.333. The molecular weight excluding hydrogens is 1370 g/mol. The molecule has 21 N–H and O–H groups in total. The number of benzene rings is 5. The van der Waals surface area contributed by atoms with E-state index in [2.05, 4.69) is 37.2 Å². The third-order valence-corrected chi connectivity index (χ3v) is 18.4. The van der Waals surface area contributed by atoms with Crippen LogP contribution in [0.1, 0.15) is 105 Å². The predicted molar refractivity (Wildman–Crippen MR) is 349 cm³/mol. The van der Waals surface area contributed by atoms with Crippen LogP contribution < -0.4 is 62.9 Å². The maximum absolute atomic E-state index is 16.0. The van der Waals surface area contributed by atoms with Crippen LogP contribution in [-0.2, 0) is 52.6 Å². The molecule has 0 spiro atoms. The zero-order chi connectivity index (χ0) is 73.5. The Hall–Kier alpha value is -9.20. The minimum Gasteiger partial charge on any atom is -0.508 e. The van der Waals surface area contributed by atoms with Gasteiger partial charge in [-0.2, -0.15) is 0 Å². The highest BCUT2D eigenvalue weighted by Gasteiger charge is 2.51. The Labute approximate surface area is 584 Å². The fourth-order valence-electron chi connectivity index (χ4n) is 12.5. The molecule has 101 heavy (non-hydrogen) atoms. The number of aromatic hydroxyl groups is 3. The Morgan fingerprint density at radius 3 is 1.90 bits per heavy atom. The van der Waals surface area contributed by atoms with Crippen molar-refractivity contribution in [2.24, 2.45) is 17.4 Å². The number of aliphatic hydroxyl groups excluding tert-OH is 6. The number of nitrogens with two attached hydrogens (primary N) is 2. The van der Waals surface area contributed by atoms with E-state index in [0.29, 0.717) is 0 Å². The summed E-state index contributed by atoms with van der Waals surface area (Å²) >= 11 is 14.1. The van der Waals surface area contributed by atoms with E-state index in [1.807, 2.05) is 13.8 Å². The van der Waals surface area contributed by atoms with Gasteiger partial charge in [0.1, 0.15) is 89.5 Å². The number of carbonyl (C=O) groups excluding carboxylic acids is 7. The van der Waals surface area contributed by atoms with Crippen LogP contribution in [0.4, 0.5) is 0 Å². The number of carbonyl (C=O) groups is 8. The van der Waals surface area contributed by atoms with E-state index in [0.717, 1.165) is 66.7 Å². The van der Waals surface area contributed by atoms with Gasteiger partial charge in [-0.3, -0.25) is 33.6 Å². The number of nitrogens with one attached hydrogen (secondary N) is 7. The molecule has 0 saturated carbocycles. The third kappa shape index (κ3) is 15.8. The zero-order valence-corrected chi connectivity index (χ0v) is 55.8. The van der Waals surface area contributed by atoms with Crippen molar-refractivity contribution in [2.45, 2.75) is 156 Å². The molecule has 2 saturated heterocycles. The molecule has 7 heterocycles. The van der Waals surface area contributed by atoms with Gasteiger partial charge in [0.15, 0.2) is 29.9 Å². The molecule has 542 valence electrons. The highest BCUT2D eigenvalue weighted by Crippen LogP contribution is 2.50. The van der Waals surface area contributed by atoms with E-state index in [9.17, 15) is 75.0 Å². The summed E-state index contributed by atoms with van der Waals surface area (Å²) in [5, 5.41) is 131. The Morgan fingerprint density at radius 1 is 0.713 bits per heavy atom. The number of ether oxygens (including phenoxy) is 6. The van der Waals surface area contributed by atoms with Gasteiger partial charge < -0.3 is 128 Å². The van der Waals surface area contributed by atoms with E-state index >= 15 is 14.4 Å². The molecule has 35 heteroatoms.